The Morgan fingerprint density at radius 1 is 1.44 bits per heavy atom. The molecule has 0 aliphatic carbocycles. The van der Waals surface area contributed by atoms with Crippen molar-refractivity contribution >= 4 is 33.2 Å². The van der Waals surface area contributed by atoms with Crippen molar-refractivity contribution in [2.75, 3.05) is 0 Å². The van der Waals surface area contributed by atoms with Gasteiger partial charge in [-0.15, -0.1) is 11.6 Å². The molecular formula is C11H13BrClNO2. The van der Waals surface area contributed by atoms with Crippen LogP contribution in [0.15, 0.2) is 16.6 Å². The molecule has 3 nitrogen and oxygen atoms in total. The molecule has 0 spiro atoms. The Bertz CT molecular complexity index is 396. The smallest absolute Gasteiger partial charge is 0.258 e. The summed E-state index contributed by atoms with van der Waals surface area (Å²) in [5, 5.41) is 10.8. The second-order valence-electron chi connectivity index (χ2n) is 3.57. The van der Waals surface area contributed by atoms with Gasteiger partial charge in [-0.25, -0.2) is 0 Å². The first-order chi connectivity index (χ1) is 7.60. The standard InChI is InChI=1S/C11H13BrClNO2/c1-2-3-4-8-6-11(14(15)16)9(7-13)5-10(8)12/h5-6H,2-4,7H2,1H3. The van der Waals surface area contributed by atoms with Crippen molar-refractivity contribution in [3.05, 3.63) is 37.8 Å². The number of aryl methyl sites for hydroxylation is 1. The lowest BCUT2D eigenvalue weighted by molar-refractivity contribution is -0.385. The van der Waals surface area contributed by atoms with Crippen molar-refractivity contribution in [2.24, 2.45) is 0 Å². The van der Waals surface area contributed by atoms with Gasteiger partial charge in [-0.05, 0) is 24.5 Å². The van der Waals surface area contributed by atoms with Crippen LogP contribution >= 0.6 is 27.5 Å². The van der Waals surface area contributed by atoms with Crippen molar-refractivity contribution in [3.63, 3.8) is 0 Å². The summed E-state index contributed by atoms with van der Waals surface area (Å²) >= 11 is 9.10. The maximum Gasteiger partial charge on any atom is 0.274 e. The van der Waals surface area contributed by atoms with Crippen LogP contribution < -0.4 is 0 Å². The van der Waals surface area contributed by atoms with E-state index >= 15 is 0 Å². The van der Waals surface area contributed by atoms with Crippen LogP contribution in [0, 0.1) is 10.1 Å². The van der Waals surface area contributed by atoms with Crippen molar-refractivity contribution < 1.29 is 4.92 Å². The fourth-order valence-corrected chi connectivity index (χ4v) is 2.29. The van der Waals surface area contributed by atoms with Gasteiger partial charge in [-0.2, -0.15) is 0 Å². The van der Waals surface area contributed by atoms with Crippen molar-refractivity contribution in [1.29, 1.82) is 0 Å². The number of hydrogen-bond acceptors (Lipinski definition) is 2. The molecule has 0 radical (unpaired) electrons. The number of benzene rings is 1. The molecule has 0 atom stereocenters. The molecule has 0 saturated heterocycles. The highest BCUT2D eigenvalue weighted by Gasteiger charge is 2.16. The first kappa shape index (κ1) is 13.5. The number of unbranched alkanes of at least 4 members (excludes halogenated alkanes) is 1. The zero-order valence-corrected chi connectivity index (χ0v) is 11.3. The van der Waals surface area contributed by atoms with Gasteiger partial charge in [0.1, 0.15) is 0 Å². The summed E-state index contributed by atoms with van der Waals surface area (Å²) < 4.78 is 0.905. The maximum atomic E-state index is 10.8. The van der Waals surface area contributed by atoms with E-state index in [0.29, 0.717) is 5.56 Å². The van der Waals surface area contributed by atoms with E-state index in [4.69, 9.17) is 11.6 Å². The molecule has 16 heavy (non-hydrogen) atoms. The first-order valence-electron chi connectivity index (χ1n) is 5.11. The molecule has 88 valence electrons. The Balaban J connectivity index is 3.11. The lowest BCUT2D eigenvalue weighted by Gasteiger charge is -2.06. The predicted molar refractivity (Wildman–Crippen MR) is 69.0 cm³/mol. The molecule has 0 aromatic heterocycles. The Labute approximate surface area is 108 Å². The van der Waals surface area contributed by atoms with Gasteiger partial charge < -0.3 is 0 Å². The molecule has 0 unspecified atom stereocenters. The molecule has 1 aromatic carbocycles. The average Bonchev–Trinajstić information content (AvgIpc) is 2.26. The summed E-state index contributed by atoms with van der Waals surface area (Å²) in [6.07, 6.45) is 2.94. The average molecular weight is 307 g/mol. The minimum absolute atomic E-state index is 0.115. The molecule has 0 N–H and O–H groups in total. The Hall–Kier alpha value is -0.610. The van der Waals surface area contributed by atoms with Crippen LogP contribution in [-0.2, 0) is 12.3 Å². The van der Waals surface area contributed by atoms with Gasteiger partial charge in [0.05, 0.1) is 10.8 Å². The van der Waals surface area contributed by atoms with Crippen molar-refractivity contribution in [1.82, 2.24) is 0 Å². The van der Waals surface area contributed by atoms with Crippen molar-refractivity contribution in [2.45, 2.75) is 32.1 Å². The second kappa shape index (κ2) is 6.21. The quantitative estimate of drug-likeness (QED) is 0.458. The van der Waals surface area contributed by atoms with Gasteiger partial charge in [0.25, 0.3) is 5.69 Å². The van der Waals surface area contributed by atoms with Crippen LogP contribution in [0.2, 0.25) is 0 Å². The summed E-state index contributed by atoms with van der Waals surface area (Å²) in [4.78, 5) is 10.5. The number of alkyl halides is 1. The highest BCUT2D eigenvalue weighted by atomic mass is 79.9. The van der Waals surface area contributed by atoms with Gasteiger partial charge in [-0.3, -0.25) is 10.1 Å². The number of hydrogen-bond donors (Lipinski definition) is 0. The second-order valence-corrected chi connectivity index (χ2v) is 4.69. The van der Waals surface area contributed by atoms with Crippen LogP contribution in [0.1, 0.15) is 30.9 Å². The minimum atomic E-state index is -0.375. The monoisotopic (exact) mass is 305 g/mol. The number of nitro benzene ring substituents is 1. The van der Waals surface area contributed by atoms with Gasteiger partial charge >= 0.3 is 0 Å². The van der Waals surface area contributed by atoms with E-state index in [1.165, 1.54) is 0 Å². The van der Waals surface area contributed by atoms with E-state index in [1.807, 2.05) is 0 Å². The highest BCUT2D eigenvalue weighted by molar-refractivity contribution is 9.10. The molecular weight excluding hydrogens is 293 g/mol. The van der Waals surface area contributed by atoms with Crippen LogP contribution in [0.25, 0.3) is 0 Å². The Morgan fingerprint density at radius 2 is 2.12 bits per heavy atom. The first-order valence-corrected chi connectivity index (χ1v) is 6.44. The third kappa shape index (κ3) is 3.19. The number of nitrogens with zero attached hydrogens (tertiary/aromatic N) is 1. The molecule has 1 aromatic rings. The van der Waals surface area contributed by atoms with Crippen LogP contribution in [0.5, 0.6) is 0 Å². The molecule has 0 saturated carbocycles. The van der Waals surface area contributed by atoms with Crippen LogP contribution in [0.3, 0.4) is 0 Å². The minimum Gasteiger partial charge on any atom is -0.258 e. The van der Waals surface area contributed by atoms with Gasteiger partial charge in [0.15, 0.2) is 0 Å². The number of halogens is 2. The van der Waals surface area contributed by atoms with E-state index < -0.39 is 0 Å². The summed E-state index contributed by atoms with van der Waals surface area (Å²) in [5.74, 6) is 0.156. The van der Waals surface area contributed by atoms with Crippen LogP contribution in [-0.4, -0.2) is 4.92 Å². The zero-order chi connectivity index (χ0) is 12.1. The van der Waals surface area contributed by atoms with E-state index in [0.717, 1.165) is 29.3 Å². The van der Waals surface area contributed by atoms with Gasteiger partial charge in [0.2, 0.25) is 0 Å². The zero-order valence-electron chi connectivity index (χ0n) is 9.00. The normalized spacial score (nSPS) is 10.4. The molecule has 0 fully saturated rings. The molecule has 5 heteroatoms. The molecule has 0 amide bonds. The Kier molecular flexibility index (Phi) is 5.22. The van der Waals surface area contributed by atoms with E-state index in [-0.39, 0.29) is 16.5 Å². The number of nitro groups is 1. The molecule has 1 rings (SSSR count). The Morgan fingerprint density at radius 3 is 2.62 bits per heavy atom. The van der Waals surface area contributed by atoms with E-state index in [9.17, 15) is 10.1 Å². The lowest BCUT2D eigenvalue weighted by Crippen LogP contribution is -1.97. The van der Waals surface area contributed by atoms with Crippen molar-refractivity contribution in [3.8, 4) is 0 Å². The summed E-state index contributed by atoms with van der Waals surface area (Å²) in [6.45, 7) is 2.09. The molecule has 0 aliphatic rings. The van der Waals surface area contributed by atoms with E-state index in [2.05, 4.69) is 22.9 Å². The molecule has 0 aliphatic heterocycles. The summed E-state index contributed by atoms with van der Waals surface area (Å²) in [7, 11) is 0. The predicted octanol–water partition coefficient (Wildman–Crippen LogP) is 4.44. The van der Waals surface area contributed by atoms with Crippen LogP contribution in [0.4, 0.5) is 5.69 Å². The third-order valence-electron chi connectivity index (χ3n) is 2.39. The molecule has 0 heterocycles. The lowest BCUT2D eigenvalue weighted by atomic mass is 10.1. The third-order valence-corrected chi connectivity index (χ3v) is 3.41. The SMILES string of the molecule is CCCCc1cc([N+](=O)[O-])c(CCl)cc1Br. The topological polar surface area (TPSA) is 43.1 Å². The number of rotatable bonds is 5. The fraction of sp³-hybridized carbons (Fsp3) is 0.455. The highest BCUT2D eigenvalue weighted by Crippen LogP contribution is 2.29. The largest absolute Gasteiger partial charge is 0.274 e. The fourth-order valence-electron chi connectivity index (χ4n) is 1.48. The van der Waals surface area contributed by atoms with E-state index in [1.54, 1.807) is 12.1 Å². The summed E-state index contributed by atoms with van der Waals surface area (Å²) in [6, 6.07) is 3.37. The van der Waals surface area contributed by atoms with Gasteiger partial charge in [-0.1, -0.05) is 29.3 Å². The summed E-state index contributed by atoms with van der Waals surface area (Å²) in [5.41, 5.74) is 1.64. The van der Waals surface area contributed by atoms with Gasteiger partial charge in [0, 0.05) is 16.1 Å². The molecule has 0 bridgehead atoms. The maximum absolute atomic E-state index is 10.8.